The maximum absolute atomic E-state index is 12.7. The highest BCUT2D eigenvalue weighted by molar-refractivity contribution is 7.16. The molecule has 7 heteroatoms. The second-order valence-electron chi connectivity index (χ2n) is 6.53. The number of hydrogen-bond donors (Lipinski definition) is 0. The predicted octanol–water partition coefficient (Wildman–Crippen LogP) is 3.60. The highest BCUT2D eigenvalue weighted by atomic mass is 32.1. The van der Waals surface area contributed by atoms with E-state index in [1.165, 1.54) is 16.9 Å². The third kappa shape index (κ3) is 4.68. The van der Waals surface area contributed by atoms with E-state index in [9.17, 15) is 4.79 Å². The Balaban J connectivity index is 2.04. The van der Waals surface area contributed by atoms with Crippen molar-refractivity contribution in [1.82, 2.24) is 4.57 Å². The minimum Gasteiger partial charge on any atom is -0.495 e. The second kappa shape index (κ2) is 9.71. The van der Waals surface area contributed by atoms with Crippen LogP contribution in [0.2, 0.25) is 0 Å². The molecule has 1 heterocycles. The largest absolute Gasteiger partial charge is 0.495 e. The molecule has 0 spiro atoms. The molecule has 3 rings (SSSR count). The molecule has 6 nitrogen and oxygen atoms in total. The van der Waals surface area contributed by atoms with Crippen LogP contribution in [0.3, 0.4) is 0 Å². The first-order chi connectivity index (χ1) is 14.1. The molecule has 0 N–H and O–H groups in total. The van der Waals surface area contributed by atoms with Crippen molar-refractivity contribution in [3.63, 3.8) is 0 Å². The van der Waals surface area contributed by atoms with Gasteiger partial charge in [0, 0.05) is 13.7 Å². The summed E-state index contributed by atoms with van der Waals surface area (Å²) in [6, 6.07) is 11.8. The van der Waals surface area contributed by atoms with Gasteiger partial charge in [-0.1, -0.05) is 42.5 Å². The Morgan fingerprint density at radius 3 is 2.28 bits per heavy atom. The van der Waals surface area contributed by atoms with E-state index < -0.39 is 0 Å². The summed E-state index contributed by atoms with van der Waals surface area (Å²) >= 11 is 1.41. The smallest absolute Gasteiger partial charge is 0.252 e. The van der Waals surface area contributed by atoms with E-state index >= 15 is 0 Å². The average Bonchev–Trinajstić information content (AvgIpc) is 3.09. The number of thiazole rings is 1. The molecule has 0 aliphatic carbocycles. The number of rotatable bonds is 8. The molecule has 0 saturated heterocycles. The zero-order valence-corrected chi connectivity index (χ0v) is 18.0. The molecule has 0 bridgehead atoms. The van der Waals surface area contributed by atoms with E-state index in [2.05, 4.69) is 24.0 Å². The zero-order chi connectivity index (χ0) is 20.8. The van der Waals surface area contributed by atoms with E-state index in [1.54, 1.807) is 21.3 Å². The molecule has 0 radical (unpaired) electrons. The van der Waals surface area contributed by atoms with Crippen molar-refractivity contribution in [1.29, 1.82) is 0 Å². The fourth-order valence-corrected chi connectivity index (χ4v) is 4.33. The molecule has 2 aromatic carbocycles. The highest BCUT2D eigenvalue weighted by Crippen LogP contribution is 2.35. The normalized spacial score (nSPS) is 11.8. The minimum absolute atomic E-state index is 0.190. The first kappa shape index (κ1) is 21.1. The molecule has 0 fully saturated rings. The van der Waals surface area contributed by atoms with Crippen LogP contribution in [-0.2, 0) is 28.9 Å². The van der Waals surface area contributed by atoms with E-state index in [0.29, 0.717) is 23.7 Å². The quantitative estimate of drug-likeness (QED) is 0.565. The molecule has 3 aromatic rings. The van der Waals surface area contributed by atoms with E-state index in [1.807, 2.05) is 28.8 Å². The lowest BCUT2D eigenvalue weighted by atomic mass is 10.1. The van der Waals surface area contributed by atoms with Gasteiger partial charge in [0.05, 0.1) is 27.2 Å². The maximum Gasteiger partial charge on any atom is 0.252 e. The van der Waals surface area contributed by atoms with Crippen LogP contribution in [0.15, 0.2) is 41.4 Å². The molecule has 0 saturated carbocycles. The van der Waals surface area contributed by atoms with Crippen molar-refractivity contribution in [2.24, 2.45) is 4.99 Å². The number of carbonyl (C=O) groups is 1. The Morgan fingerprint density at radius 2 is 1.66 bits per heavy atom. The number of methoxy groups -OCH3 is 3. The first-order valence-corrected chi connectivity index (χ1v) is 10.3. The summed E-state index contributed by atoms with van der Waals surface area (Å²) in [6.45, 7) is 3.15. The van der Waals surface area contributed by atoms with Crippen molar-refractivity contribution in [2.45, 2.75) is 26.3 Å². The number of carbonyl (C=O) groups excluding carboxylic acids is 1. The lowest BCUT2D eigenvalue weighted by Gasteiger charge is -2.09. The summed E-state index contributed by atoms with van der Waals surface area (Å²) in [7, 11) is 4.90. The molecule has 0 unspecified atom stereocenters. The lowest BCUT2D eigenvalue weighted by molar-refractivity contribution is -0.117. The van der Waals surface area contributed by atoms with Gasteiger partial charge in [0.2, 0.25) is 0 Å². The van der Waals surface area contributed by atoms with Gasteiger partial charge in [0.15, 0.2) is 4.80 Å². The fourth-order valence-electron chi connectivity index (χ4n) is 3.14. The van der Waals surface area contributed by atoms with Crippen LogP contribution >= 0.6 is 11.3 Å². The maximum atomic E-state index is 12.7. The van der Waals surface area contributed by atoms with E-state index in [-0.39, 0.29) is 12.3 Å². The van der Waals surface area contributed by atoms with Crippen LogP contribution in [0, 0.1) is 0 Å². The van der Waals surface area contributed by atoms with Crippen LogP contribution in [0.5, 0.6) is 11.5 Å². The Morgan fingerprint density at radius 1 is 1.00 bits per heavy atom. The molecule has 1 aromatic heterocycles. The van der Waals surface area contributed by atoms with Crippen molar-refractivity contribution in [2.75, 3.05) is 27.9 Å². The van der Waals surface area contributed by atoms with Gasteiger partial charge in [-0.05, 0) is 29.7 Å². The first-order valence-electron chi connectivity index (χ1n) is 9.49. The summed E-state index contributed by atoms with van der Waals surface area (Å²) < 4.78 is 19.2. The van der Waals surface area contributed by atoms with Crippen LogP contribution < -0.4 is 14.3 Å². The zero-order valence-electron chi connectivity index (χ0n) is 17.2. The third-order valence-electron chi connectivity index (χ3n) is 4.72. The van der Waals surface area contributed by atoms with Gasteiger partial charge in [-0.3, -0.25) is 4.79 Å². The lowest BCUT2D eigenvalue weighted by Crippen LogP contribution is -2.20. The molecule has 1 amide bonds. The number of aromatic nitrogens is 1. The molecular weight excluding hydrogens is 388 g/mol. The Hall–Kier alpha value is -2.64. The second-order valence-corrected chi connectivity index (χ2v) is 7.51. The van der Waals surface area contributed by atoms with Gasteiger partial charge in [-0.2, -0.15) is 4.99 Å². The summed E-state index contributed by atoms with van der Waals surface area (Å²) in [5, 5.41) is 0. The molecule has 0 aliphatic heterocycles. The summed E-state index contributed by atoms with van der Waals surface area (Å²) in [6.07, 6.45) is 1.24. The van der Waals surface area contributed by atoms with Gasteiger partial charge in [0.25, 0.3) is 5.91 Å². The molecular formula is C22H26N2O4S. The van der Waals surface area contributed by atoms with Crippen molar-refractivity contribution >= 4 is 27.5 Å². The number of nitrogens with zero attached hydrogens (tertiary/aromatic N) is 2. The van der Waals surface area contributed by atoms with Crippen LogP contribution in [0.1, 0.15) is 18.1 Å². The number of fused-ring (bicyclic) bond motifs is 1. The highest BCUT2D eigenvalue weighted by Gasteiger charge is 2.16. The summed E-state index contributed by atoms with van der Waals surface area (Å²) in [5.41, 5.74) is 3.06. The molecule has 0 atom stereocenters. The summed E-state index contributed by atoms with van der Waals surface area (Å²) in [5.74, 6) is 1.24. The number of amides is 1. The molecule has 0 aliphatic rings. The van der Waals surface area contributed by atoms with Crippen LogP contribution in [0.4, 0.5) is 0 Å². The number of aryl methyl sites for hydroxylation is 1. The van der Waals surface area contributed by atoms with Crippen molar-refractivity contribution in [3.05, 3.63) is 52.3 Å². The average molecular weight is 415 g/mol. The number of ether oxygens (including phenoxy) is 3. The number of hydrogen-bond acceptors (Lipinski definition) is 5. The fraction of sp³-hybridized carbons (Fsp3) is 0.364. The van der Waals surface area contributed by atoms with E-state index in [0.717, 1.165) is 28.0 Å². The van der Waals surface area contributed by atoms with Gasteiger partial charge in [-0.15, -0.1) is 0 Å². The summed E-state index contributed by atoms with van der Waals surface area (Å²) in [4.78, 5) is 17.7. The van der Waals surface area contributed by atoms with Gasteiger partial charge >= 0.3 is 0 Å². The topological polar surface area (TPSA) is 62.0 Å². The third-order valence-corrected chi connectivity index (χ3v) is 5.81. The monoisotopic (exact) mass is 414 g/mol. The molecule has 29 heavy (non-hydrogen) atoms. The number of benzene rings is 2. The van der Waals surface area contributed by atoms with Crippen LogP contribution in [-0.4, -0.2) is 38.4 Å². The molecule has 154 valence electrons. The van der Waals surface area contributed by atoms with Gasteiger partial charge < -0.3 is 18.8 Å². The Bertz CT molecular complexity index is 1050. The van der Waals surface area contributed by atoms with Gasteiger partial charge in [-0.25, -0.2) is 0 Å². The standard InChI is InChI=1S/C22H26N2O4S/c1-5-15-6-8-16(9-7-15)14-19(25)23-22-24(12-13-26-2)20-17(27-3)10-11-18(28-4)21(20)29-22/h6-11H,5,12-14H2,1-4H3. The predicted molar refractivity (Wildman–Crippen MR) is 115 cm³/mol. The Labute approximate surface area is 174 Å². The van der Waals surface area contributed by atoms with Crippen molar-refractivity contribution < 1.29 is 19.0 Å². The van der Waals surface area contributed by atoms with Crippen LogP contribution in [0.25, 0.3) is 10.2 Å². The van der Waals surface area contributed by atoms with Gasteiger partial charge in [0.1, 0.15) is 21.7 Å². The van der Waals surface area contributed by atoms with Crippen molar-refractivity contribution in [3.8, 4) is 11.5 Å². The van der Waals surface area contributed by atoms with E-state index in [4.69, 9.17) is 14.2 Å². The Kier molecular flexibility index (Phi) is 7.06. The minimum atomic E-state index is -0.190. The SMILES string of the molecule is CCc1ccc(CC(=O)N=c2sc3c(OC)ccc(OC)c3n2CCOC)cc1.